The first-order valence-corrected chi connectivity index (χ1v) is 4.65. The average molecular weight is 166 g/mol. The molecule has 2 unspecified atom stereocenters. The third-order valence-corrected chi connectivity index (χ3v) is 2.53. The minimum atomic E-state index is 0.627. The molecule has 0 aromatic rings. The first kappa shape index (κ1) is 9.57. The zero-order chi connectivity index (χ0) is 8.97. The summed E-state index contributed by atoms with van der Waals surface area (Å²) >= 11 is 0. The zero-order valence-electron chi connectivity index (χ0n) is 8.01. The van der Waals surface area contributed by atoms with Gasteiger partial charge in [0.2, 0.25) is 0 Å². The molecule has 0 aromatic heterocycles. The van der Waals surface area contributed by atoms with Crippen molar-refractivity contribution >= 4 is 0 Å². The van der Waals surface area contributed by atoms with Crippen LogP contribution in [-0.4, -0.2) is 36.6 Å². The van der Waals surface area contributed by atoms with Crippen molar-refractivity contribution in [1.29, 1.82) is 0 Å². The molecule has 2 nitrogen and oxygen atoms in total. The van der Waals surface area contributed by atoms with Crippen LogP contribution in [0.4, 0.5) is 0 Å². The third-order valence-electron chi connectivity index (χ3n) is 2.53. The van der Waals surface area contributed by atoms with Gasteiger partial charge in [-0.3, -0.25) is 4.90 Å². The lowest BCUT2D eigenvalue weighted by molar-refractivity contribution is 0.120. The Hall–Kier alpha value is -0.520. The molecule has 12 heavy (non-hydrogen) atoms. The van der Waals surface area contributed by atoms with Gasteiger partial charge in [-0.15, -0.1) is 12.3 Å². The maximum absolute atomic E-state index is 5.24. The van der Waals surface area contributed by atoms with Gasteiger partial charge in [-0.1, -0.05) is 0 Å². The molecule has 0 saturated carbocycles. The number of piperazine rings is 1. The monoisotopic (exact) mass is 166 g/mol. The molecule has 0 spiro atoms. The second-order valence-electron chi connectivity index (χ2n) is 3.55. The fourth-order valence-electron chi connectivity index (χ4n) is 1.80. The third kappa shape index (κ3) is 2.23. The lowest BCUT2D eigenvalue weighted by atomic mass is 10.1. The number of rotatable bonds is 2. The SMILES string of the molecule is C#CCCN1C(C)CNCC1C. The van der Waals surface area contributed by atoms with Gasteiger partial charge < -0.3 is 5.32 Å². The molecule has 1 aliphatic heterocycles. The molecule has 2 heteroatoms. The van der Waals surface area contributed by atoms with Crippen molar-refractivity contribution in [3.63, 3.8) is 0 Å². The molecule has 1 aliphatic rings. The van der Waals surface area contributed by atoms with Gasteiger partial charge in [0.05, 0.1) is 0 Å². The lowest BCUT2D eigenvalue weighted by Gasteiger charge is -2.39. The van der Waals surface area contributed by atoms with Gasteiger partial charge >= 0.3 is 0 Å². The van der Waals surface area contributed by atoms with Crippen LogP contribution in [0, 0.1) is 12.3 Å². The van der Waals surface area contributed by atoms with Crippen molar-refractivity contribution in [1.82, 2.24) is 10.2 Å². The molecule has 1 fully saturated rings. The van der Waals surface area contributed by atoms with E-state index in [2.05, 4.69) is 30.0 Å². The highest BCUT2D eigenvalue weighted by Gasteiger charge is 2.22. The predicted octanol–water partition coefficient (Wildman–Crippen LogP) is 0.692. The van der Waals surface area contributed by atoms with Crippen LogP contribution in [0.25, 0.3) is 0 Å². The van der Waals surface area contributed by atoms with Crippen LogP contribution in [-0.2, 0) is 0 Å². The fourth-order valence-corrected chi connectivity index (χ4v) is 1.80. The number of terminal acetylenes is 1. The molecule has 1 heterocycles. The zero-order valence-corrected chi connectivity index (χ0v) is 8.01. The van der Waals surface area contributed by atoms with Crippen molar-refractivity contribution < 1.29 is 0 Å². The fraction of sp³-hybridized carbons (Fsp3) is 0.800. The Morgan fingerprint density at radius 2 is 2.00 bits per heavy atom. The Balaban J connectivity index is 2.41. The Morgan fingerprint density at radius 1 is 1.42 bits per heavy atom. The van der Waals surface area contributed by atoms with Crippen molar-refractivity contribution in [3.05, 3.63) is 0 Å². The van der Waals surface area contributed by atoms with Crippen LogP contribution < -0.4 is 5.32 Å². The van der Waals surface area contributed by atoms with Gasteiger partial charge in [0.1, 0.15) is 0 Å². The topological polar surface area (TPSA) is 15.3 Å². The van der Waals surface area contributed by atoms with E-state index in [-0.39, 0.29) is 0 Å². The van der Waals surface area contributed by atoms with Crippen LogP contribution in [0.2, 0.25) is 0 Å². The molecule has 0 bridgehead atoms. The lowest BCUT2D eigenvalue weighted by Crippen LogP contribution is -2.55. The Bertz CT molecular complexity index is 161. The minimum absolute atomic E-state index is 0.627. The second-order valence-corrected chi connectivity index (χ2v) is 3.55. The van der Waals surface area contributed by atoms with E-state index in [1.807, 2.05) is 0 Å². The Labute approximate surface area is 75.3 Å². The van der Waals surface area contributed by atoms with Crippen LogP contribution in [0.5, 0.6) is 0 Å². The van der Waals surface area contributed by atoms with E-state index in [9.17, 15) is 0 Å². The van der Waals surface area contributed by atoms with E-state index < -0.39 is 0 Å². The van der Waals surface area contributed by atoms with Gasteiger partial charge in [-0.05, 0) is 13.8 Å². The molecular formula is C10H18N2. The van der Waals surface area contributed by atoms with Gasteiger partial charge in [0.15, 0.2) is 0 Å². The standard InChI is InChI=1S/C10H18N2/c1-4-5-6-12-9(2)7-11-8-10(12)3/h1,9-11H,5-8H2,2-3H3. The van der Waals surface area contributed by atoms with Crippen molar-refractivity contribution in [2.75, 3.05) is 19.6 Å². The van der Waals surface area contributed by atoms with Crippen molar-refractivity contribution in [2.45, 2.75) is 32.4 Å². The Morgan fingerprint density at radius 3 is 2.50 bits per heavy atom. The summed E-state index contributed by atoms with van der Waals surface area (Å²) in [5.74, 6) is 2.69. The summed E-state index contributed by atoms with van der Waals surface area (Å²) in [5, 5.41) is 3.40. The van der Waals surface area contributed by atoms with Crippen molar-refractivity contribution in [2.24, 2.45) is 0 Å². The number of nitrogens with zero attached hydrogens (tertiary/aromatic N) is 1. The van der Waals surface area contributed by atoms with Gasteiger partial charge in [0, 0.05) is 38.1 Å². The maximum atomic E-state index is 5.24. The molecular weight excluding hydrogens is 148 g/mol. The molecule has 1 saturated heterocycles. The quantitative estimate of drug-likeness (QED) is 0.607. The first-order chi connectivity index (χ1) is 5.75. The number of hydrogen-bond acceptors (Lipinski definition) is 2. The molecule has 0 amide bonds. The van der Waals surface area contributed by atoms with Gasteiger partial charge in [-0.25, -0.2) is 0 Å². The van der Waals surface area contributed by atoms with Crippen LogP contribution >= 0.6 is 0 Å². The second kappa shape index (κ2) is 4.49. The highest BCUT2D eigenvalue weighted by atomic mass is 15.2. The predicted molar refractivity (Wildman–Crippen MR) is 51.9 cm³/mol. The highest BCUT2D eigenvalue weighted by molar-refractivity contribution is 4.89. The molecule has 1 N–H and O–H groups in total. The molecule has 68 valence electrons. The number of nitrogens with one attached hydrogen (secondary N) is 1. The molecule has 0 aromatic carbocycles. The van der Waals surface area contributed by atoms with E-state index in [0.29, 0.717) is 12.1 Å². The summed E-state index contributed by atoms with van der Waals surface area (Å²) in [5.41, 5.74) is 0. The molecule has 1 rings (SSSR count). The van der Waals surface area contributed by atoms with Gasteiger partial charge in [0.25, 0.3) is 0 Å². The number of hydrogen-bond donors (Lipinski definition) is 1. The van der Waals surface area contributed by atoms with Crippen LogP contribution in [0.1, 0.15) is 20.3 Å². The van der Waals surface area contributed by atoms with E-state index in [1.54, 1.807) is 0 Å². The average Bonchev–Trinajstić information content (AvgIpc) is 2.04. The molecule has 2 atom stereocenters. The van der Waals surface area contributed by atoms with E-state index in [1.165, 1.54) is 0 Å². The summed E-state index contributed by atoms with van der Waals surface area (Å²) in [6, 6.07) is 1.25. The smallest absolute Gasteiger partial charge is 0.0214 e. The summed E-state index contributed by atoms with van der Waals surface area (Å²) < 4.78 is 0. The maximum Gasteiger partial charge on any atom is 0.0214 e. The summed E-state index contributed by atoms with van der Waals surface area (Å²) in [6.07, 6.45) is 6.11. The minimum Gasteiger partial charge on any atom is -0.314 e. The first-order valence-electron chi connectivity index (χ1n) is 4.65. The largest absolute Gasteiger partial charge is 0.314 e. The summed E-state index contributed by atoms with van der Waals surface area (Å²) in [7, 11) is 0. The van der Waals surface area contributed by atoms with E-state index in [0.717, 1.165) is 26.1 Å². The van der Waals surface area contributed by atoms with Crippen LogP contribution in [0.3, 0.4) is 0 Å². The normalized spacial score (nSPS) is 31.4. The Kier molecular flexibility index (Phi) is 3.58. The molecule has 0 radical (unpaired) electrons. The van der Waals surface area contributed by atoms with Crippen LogP contribution in [0.15, 0.2) is 0 Å². The van der Waals surface area contributed by atoms with E-state index >= 15 is 0 Å². The molecule has 0 aliphatic carbocycles. The highest BCUT2D eigenvalue weighted by Crippen LogP contribution is 2.09. The summed E-state index contributed by atoms with van der Waals surface area (Å²) in [4.78, 5) is 2.48. The summed E-state index contributed by atoms with van der Waals surface area (Å²) in [6.45, 7) is 7.72. The van der Waals surface area contributed by atoms with Gasteiger partial charge in [-0.2, -0.15) is 0 Å². The van der Waals surface area contributed by atoms with E-state index in [4.69, 9.17) is 6.42 Å². The van der Waals surface area contributed by atoms with Crippen molar-refractivity contribution in [3.8, 4) is 12.3 Å².